The zero-order valence-corrected chi connectivity index (χ0v) is 22.5. The second kappa shape index (κ2) is 10.4. The molecule has 1 atom stereocenters. The van der Waals surface area contributed by atoms with Crippen LogP contribution in [0.4, 0.5) is 33.3 Å². The number of hydrogen-bond acceptors (Lipinski definition) is 6. The zero-order chi connectivity index (χ0) is 28.8. The molecule has 12 heteroatoms. The van der Waals surface area contributed by atoms with E-state index in [9.17, 15) is 27.5 Å². The molecule has 3 heterocycles. The van der Waals surface area contributed by atoms with Crippen LogP contribution in [0.25, 0.3) is 0 Å². The molecule has 1 N–H and O–H groups in total. The SMILES string of the molecule is COc1ccc(C(F)(F)F)cc1N1C(N2CCC(F)(c3ccc(C)cc3)CC2)=Nc2c(csc2F)[C@@H]1CC(=O)O. The van der Waals surface area contributed by atoms with Crippen LogP contribution in [-0.4, -0.2) is 42.1 Å². The largest absolute Gasteiger partial charge is 0.495 e. The van der Waals surface area contributed by atoms with E-state index in [2.05, 4.69) is 4.99 Å². The van der Waals surface area contributed by atoms with Gasteiger partial charge in [-0.25, -0.2) is 9.38 Å². The number of piperidine rings is 1. The van der Waals surface area contributed by atoms with Crippen LogP contribution < -0.4 is 9.64 Å². The highest BCUT2D eigenvalue weighted by Gasteiger charge is 2.43. The van der Waals surface area contributed by atoms with Gasteiger partial charge in [-0.3, -0.25) is 4.79 Å². The summed E-state index contributed by atoms with van der Waals surface area (Å²) < 4.78 is 77.6. The molecule has 1 saturated heterocycles. The van der Waals surface area contributed by atoms with E-state index in [0.717, 1.165) is 35.1 Å². The Morgan fingerprint density at radius 2 is 1.85 bits per heavy atom. The number of aliphatic carboxylic acids is 1. The summed E-state index contributed by atoms with van der Waals surface area (Å²) in [5.41, 5.74) is -0.999. The van der Waals surface area contributed by atoms with E-state index < -0.39 is 41.0 Å². The van der Waals surface area contributed by atoms with Gasteiger partial charge in [0.15, 0.2) is 0 Å². The van der Waals surface area contributed by atoms with Crippen molar-refractivity contribution in [2.24, 2.45) is 4.99 Å². The predicted molar refractivity (Wildman–Crippen MR) is 142 cm³/mol. The number of guanidine groups is 1. The number of halogens is 5. The van der Waals surface area contributed by atoms with Crippen molar-refractivity contribution in [2.75, 3.05) is 25.1 Å². The zero-order valence-electron chi connectivity index (χ0n) is 21.6. The number of aryl methyl sites for hydroxylation is 1. The van der Waals surface area contributed by atoms with Gasteiger partial charge in [0.25, 0.3) is 0 Å². The number of alkyl halides is 4. The van der Waals surface area contributed by atoms with E-state index in [1.807, 2.05) is 19.1 Å². The van der Waals surface area contributed by atoms with Crippen LogP contribution in [0.15, 0.2) is 52.8 Å². The molecular weight excluding hydrogens is 553 g/mol. The monoisotopic (exact) mass is 579 g/mol. The third-order valence-electron chi connectivity index (χ3n) is 7.39. The molecule has 0 amide bonds. The first-order valence-electron chi connectivity index (χ1n) is 12.5. The quantitative estimate of drug-likeness (QED) is 0.324. The molecule has 2 aliphatic rings. The van der Waals surface area contributed by atoms with Crippen LogP contribution in [0.2, 0.25) is 0 Å². The summed E-state index contributed by atoms with van der Waals surface area (Å²) in [4.78, 5) is 19.5. The third kappa shape index (κ3) is 5.12. The van der Waals surface area contributed by atoms with Crippen molar-refractivity contribution in [1.82, 2.24) is 4.90 Å². The highest BCUT2D eigenvalue weighted by molar-refractivity contribution is 7.08. The summed E-state index contributed by atoms with van der Waals surface area (Å²) in [6.45, 7) is 2.13. The number of carboxylic acids is 1. The van der Waals surface area contributed by atoms with Crippen molar-refractivity contribution in [3.63, 3.8) is 0 Å². The van der Waals surface area contributed by atoms with E-state index in [-0.39, 0.29) is 54.6 Å². The minimum atomic E-state index is -4.69. The maximum absolute atomic E-state index is 16.0. The molecule has 0 unspecified atom stereocenters. The van der Waals surface area contributed by atoms with Crippen molar-refractivity contribution < 1.29 is 36.6 Å². The van der Waals surface area contributed by atoms with Gasteiger partial charge in [-0.2, -0.15) is 17.6 Å². The lowest BCUT2D eigenvalue weighted by Crippen LogP contribution is -2.52. The number of anilines is 1. The predicted octanol–water partition coefficient (Wildman–Crippen LogP) is 7.21. The van der Waals surface area contributed by atoms with Gasteiger partial charge in [0.1, 0.15) is 17.1 Å². The molecule has 2 aliphatic heterocycles. The summed E-state index contributed by atoms with van der Waals surface area (Å²) in [6.07, 6.45) is -5.15. The number of rotatable bonds is 5. The smallest absolute Gasteiger partial charge is 0.416 e. The molecule has 0 saturated carbocycles. The number of thiophene rings is 1. The Balaban J connectivity index is 1.60. The highest BCUT2D eigenvalue weighted by Crippen LogP contribution is 2.48. The fraction of sp³-hybridized carbons (Fsp3) is 0.357. The van der Waals surface area contributed by atoms with Crippen LogP contribution in [0.1, 0.15) is 47.6 Å². The number of aliphatic imine (C=N–C) groups is 1. The molecule has 0 radical (unpaired) electrons. The lowest BCUT2D eigenvalue weighted by Gasteiger charge is -2.45. The van der Waals surface area contributed by atoms with Crippen LogP contribution >= 0.6 is 11.3 Å². The Kier molecular flexibility index (Phi) is 7.24. The van der Waals surface area contributed by atoms with Gasteiger partial charge in [-0.15, -0.1) is 11.3 Å². The maximum Gasteiger partial charge on any atom is 0.416 e. The Bertz CT molecular complexity index is 1450. The van der Waals surface area contributed by atoms with E-state index in [4.69, 9.17) is 4.74 Å². The summed E-state index contributed by atoms with van der Waals surface area (Å²) in [5.74, 6) is -1.15. The minimum Gasteiger partial charge on any atom is -0.495 e. The fourth-order valence-corrected chi connectivity index (χ4v) is 6.01. The molecule has 40 heavy (non-hydrogen) atoms. The molecule has 212 valence electrons. The van der Waals surface area contributed by atoms with E-state index >= 15 is 4.39 Å². The number of ether oxygens (including phenoxy) is 1. The normalized spacial score (nSPS) is 18.8. The molecule has 0 aliphatic carbocycles. The number of likely N-dealkylation sites (tertiary alicyclic amines) is 1. The first-order chi connectivity index (χ1) is 18.9. The molecule has 6 nitrogen and oxygen atoms in total. The topological polar surface area (TPSA) is 65.4 Å². The number of carbonyl (C=O) groups is 1. The number of nitrogens with zero attached hydrogens (tertiary/aromatic N) is 3. The Labute approximate surface area is 231 Å². The summed E-state index contributed by atoms with van der Waals surface area (Å²) in [5, 5.41) is 10.5. The first kappa shape index (κ1) is 27.9. The lowest BCUT2D eigenvalue weighted by atomic mass is 9.86. The van der Waals surface area contributed by atoms with Crippen molar-refractivity contribution in [2.45, 2.75) is 44.1 Å². The van der Waals surface area contributed by atoms with Crippen LogP contribution in [0.5, 0.6) is 5.75 Å². The number of hydrogen-bond donors (Lipinski definition) is 1. The average Bonchev–Trinajstić information content (AvgIpc) is 3.28. The molecular formula is C28H26F5N3O3S. The molecule has 0 spiro atoms. The van der Waals surface area contributed by atoms with Crippen molar-refractivity contribution in [3.05, 3.63) is 75.2 Å². The number of benzene rings is 2. The van der Waals surface area contributed by atoms with Gasteiger partial charge in [0.05, 0.1) is 30.8 Å². The summed E-state index contributed by atoms with van der Waals surface area (Å²) in [7, 11) is 1.29. The lowest BCUT2D eigenvalue weighted by molar-refractivity contribution is -0.138. The first-order valence-corrected chi connectivity index (χ1v) is 13.4. The van der Waals surface area contributed by atoms with E-state index in [1.54, 1.807) is 17.0 Å². The van der Waals surface area contributed by atoms with E-state index in [1.165, 1.54) is 17.4 Å². The Morgan fingerprint density at radius 3 is 2.45 bits per heavy atom. The molecule has 1 aromatic heterocycles. The molecule has 5 rings (SSSR count). The Hall–Kier alpha value is -3.67. The molecule has 2 aromatic carbocycles. The third-order valence-corrected chi connectivity index (χ3v) is 8.16. The van der Waals surface area contributed by atoms with Gasteiger partial charge in [0, 0.05) is 36.9 Å². The number of carboxylic acid groups (broad SMARTS) is 1. The fourth-order valence-electron chi connectivity index (χ4n) is 5.24. The second-order valence-corrected chi connectivity index (χ2v) is 10.7. The minimum absolute atomic E-state index is 0.0413. The van der Waals surface area contributed by atoms with Gasteiger partial charge in [-0.05, 0) is 30.7 Å². The maximum atomic E-state index is 16.0. The highest BCUT2D eigenvalue weighted by atomic mass is 32.1. The van der Waals surface area contributed by atoms with Gasteiger partial charge in [0.2, 0.25) is 11.1 Å². The summed E-state index contributed by atoms with van der Waals surface area (Å²) >= 11 is 0.729. The van der Waals surface area contributed by atoms with E-state index in [0.29, 0.717) is 5.56 Å². The van der Waals surface area contributed by atoms with Crippen LogP contribution in [0.3, 0.4) is 0 Å². The van der Waals surface area contributed by atoms with Crippen LogP contribution in [-0.2, 0) is 16.6 Å². The molecule has 0 bridgehead atoms. The van der Waals surface area contributed by atoms with Gasteiger partial charge < -0.3 is 19.6 Å². The summed E-state index contributed by atoms with van der Waals surface area (Å²) in [6, 6.07) is 8.92. The van der Waals surface area contributed by atoms with Crippen molar-refractivity contribution in [1.29, 1.82) is 0 Å². The average molecular weight is 580 g/mol. The van der Waals surface area contributed by atoms with Crippen molar-refractivity contribution >= 4 is 34.6 Å². The molecule has 1 fully saturated rings. The molecule has 3 aromatic rings. The number of fused-ring (bicyclic) bond motifs is 1. The Morgan fingerprint density at radius 1 is 1.18 bits per heavy atom. The van der Waals surface area contributed by atoms with Crippen molar-refractivity contribution in [3.8, 4) is 5.75 Å². The van der Waals surface area contributed by atoms with Gasteiger partial charge >= 0.3 is 12.1 Å². The van der Waals surface area contributed by atoms with Crippen LogP contribution in [0, 0.1) is 12.1 Å². The number of methoxy groups -OCH3 is 1. The second-order valence-electron chi connectivity index (χ2n) is 9.91. The standard InChI is InChI=1S/C28H26F5N3O3S/c1-16-3-5-17(6-4-16)27(30)9-11-35(12-10-27)26-34-24-19(15-40-25(24)29)20(14-23(37)38)36(26)21-13-18(28(31,32)33)7-8-22(21)39-2/h3-8,13,15,20H,9-12,14H2,1-2H3,(H,37,38)/t20-/m0/s1. The van der Waals surface area contributed by atoms with Gasteiger partial charge in [-0.1, -0.05) is 29.8 Å².